The van der Waals surface area contributed by atoms with Gasteiger partial charge in [-0.2, -0.15) is 5.10 Å². The minimum atomic E-state index is -1.17. The summed E-state index contributed by atoms with van der Waals surface area (Å²) in [6, 6.07) is 3.33. The molecule has 0 saturated carbocycles. The molecule has 1 aromatic heterocycles. The average Bonchev–Trinajstić information content (AvgIpc) is 2.77. The SMILES string of the molecule is Cn1nccc1CCNCc1cc(F)c(F)cc1F. The van der Waals surface area contributed by atoms with Crippen LogP contribution in [-0.2, 0) is 20.0 Å². The van der Waals surface area contributed by atoms with Crippen molar-refractivity contribution < 1.29 is 13.2 Å². The van der Waals surface area contributed by atoms with Gasteiger partial charge in [-0.15, -0.1) is 0 Å². The highest BCUT2D eigenvalue weighted by atomic mass is 19.2. The van der Waals surface area contributed by atoms with Crippen LogP contribution in [0.4, 0.5) is 13.2 Å². The monoisotopic (exact) mass is 269 g/mol. The molecule has 102 valence electrons. The highest BCUT2D eigenvalue weighted by Crippen LogP contribution is 2.13. The maximum Gasteiger partial charge on any atom is 0.161 e. The molecule has 0 aliphatic heterocycles. The van der Waals surface area contributed by atoms with Crippen molar-refractivity contribution in [2.45, 2.75) is 13.0 Å². The molecule has 0 aliphatic rings. The number of rotatable bonds is 5. The summed E-state index contributed by atoms with van der Waals surface area (Å²) >= 11 is 0. The van der Waals surface area contributed by atoms with E-state index in [9.17, 15) is 13.2 Å². The van der Waals surface area contributed by atoms with Gasteiger partial charge in [-0.3, -0.25) is 4.68 Å². The normalized spacial score (nSPS) is 10.9. The summed E-state index contributed by atoms with van der Waals surface area (Å²) in [7, 11) is 1.84. The van der Waals surface area contributed by atoms with Gasteiger partial charge >= 0.3 is 0 Å². The minimum Gasteiger partial charge on any atom is -0.312 e. The van der Waals surface area contributed by atoms with Crippen LogP contribution in [0.15, 0.2) is 24.4 Å². The van der Waals surface area contributed by atoms with Crippen molar-refractivity contribution in [3.63, 3.8) is 0 Å². The van der Waals surface area contributed by atoms with Crippen LogP contribution in [0.1, 0.15) is 11.3 Å². The van der Waals surface area contributed by atoms with E-state index in [4.69, 9.17) is 0 Å². The third kappa shape index (κ3) is 3.35. The zero-order valence-electron chi connectivity index (χ0n) is 10.5. The van der Waals surface area contributed by atoms with Gasteiger partial charge in [0.05, 0.1) is 0 Å². The van der Waals surface area contributed by atoms with Gasteiger partial charge in [0.1, 0.15) is 5.82 Å². The van der Waals surface area contributed by atoms with Crippen molar-refractivity contribution in [2.24, 2.45) is 7.05 Å². The molecule has 0 atom stereocenters. The highest BCUT2D eigenvalue weighted by molar-refractivity contribution is 5.19. The number of benzene rings is 1. The second-order valence-corrected chi connectivity index (χ2v) is 4.23. The summed E-state index contributed by atoms with van der Waals surface area (Å²) in [6.45, 7) is 0.749. The van der Waals surface area contributed by atoms with E-state index >= 15 is 0 Å². The lowest BCUT2D eigenvalue weighted by molar-refractivity contribution is 0.486. The Labute approximate surface area is 109 Å². The molecule has 1 heterocycles. The van der Waals surface area contributed by atoms with Gasteiger partial charge in [-0.25, -0.2) is 13.2 Å². The van der Waals surface area contributed by atoms with Gasteiger partial charge in [-0.05, 0) is 12.1 Å². The maximum absolute atomic E-state index is 13.3. The fraction of sp³-hybridized carbons (Fsp3) is 0.308. The number of nitrogens with zero attached hydrogens (tertiary/aromatic N) is 2. The van der Waals surface area contributed by atoms with E-state index in [1.807, 2.05) is 13.1 Å². The molecule has 0 amide bonds. The van der Waals surface area contributed by atoms with Gasteiger partial charge < -0.3 is 5.32 Å². The van der Waals surface area contributed by atoms with E-state index in [-0.39, 0.29) is 12.1 Å². The van der Waals surface area contributed by atoms with E-state index in [0.29, 0.717) is 12.6 Å². The first-order valence-electron chi connectivity index (χ1n) is 5.89. The Morgan fingerprint density at radius 3 is 2.58 bits per heavy atom. The molecule has 0 bridgehead atoms. The molecule has 1 N–H and O–H groups in total. The molecule has 19 heavy (non-hydrogen) atoms. The zero-order valence-corrected chi connectivity index (χ0v) is 10.5. The zero-order chi connectivity index (χ0) is 13.8. The number of aryl methyl sites for hydroxylation is 1. The molecule has 0 saturated heterocycles. The van der Waals surface area contributed by atoms with Crippen molar-refractivity contribution in [2.75, 3.05) is 6.54 Å². The topological polar surface area (TPSA) is 29.9 Å². The molecule has 0 fully saturated rings. The lowest BCUT2D eigenvalue weighted by Gasteiger charge is -2.07. The first kappa shape index (κ1) is 13.6. The molecule has 6 heteroatoms. The number of nitrogens with one attached hydrogen (secondary N) is 1. The van der Waals surface area contributed by atoms with Crippen LogP contribution in [0, 0.1) is 17.5 Å². The summed E-state index contributed by atoms with van der Waals surface area (Å²) in [5, 5.41) is 7.01. The van der Waals surface area contributed by atoms with Crippen LogP contribution in [0.3, 0.4) is 0 Å². The Morgan fingerprint density at radius 2 is 1.89 bits per heavy atom. The van der Waals surface area contributed by atoms with Gasteiger partial charge in [0.25, 0.3) is 0 Å². The first-order chi connectivity index (χ1) is 9.08. The highest BCUT2D eigenvalue weighted by Gasteiger charge is 2.09. The number of aromatic nitrogens is 2. The lowest BCUT2D eigenvalue weighted by Crippen LogP contribution is -2.19. The Hall–Kier alpha value is -1.82. The van der Waals surface area contributed by atoms with Crippen molar-refractivity contribution in [3.8, 4) is 0 Å². The standard InChI is InChI=1S/C13H14F3N3/c1-19-10(3-5-18-19)2-4-17-8-9-6-12(15)13(16)7-11(9)14/h3,5-7,17H,2,4,8H2,1H3. The van der Waals surface area contributed by atoms with Crippen molar-refractivity contribution in [1.29, 1.82) is 0 Å². The summed E-state index contributed by atoms with van der Waals surface area (Å²) < 4.78 is 40.8. The van der Waals surface area contributed by atoms with Crippen LogP contribution >= 0.6 is 0 Å². The van der Waals surface area contributed by atoms with Crippen LogP contribution in [0.2, 0.25) is 0 Å². The summed E-state index contributed by atoms with van der Waals surface area (Å²) in [6.07, 6.45) is 2.42. The van der Waals surface area contributed by atoms with Gasteiger partial charge in [0, 0.05) is 50.1 Å². The Bertz CT molecular complexity index is 566. The Morgan fingerprint density at radius 1 is 1.16 bits per heavy atom. The molecular weight excluding hydrogens is 255 g/mol. The smallest absolute Gasteiger partial charge is 0.161 e. The van der Waals surface area contributed by atoms with E-state index in [1.165, 1.54) is 0 Å². The second kappa shape index (κ2) is 5.88. The molecule has 2 rings (SSSR count). The van der Waals surface area contributed by atoms with Crippen LogP contribution < -0.4 is 5.32 Å². The van der Waals surface area contributed by atoms with Crippen LogP contribution in [0.5, 0.6) is 0 Å². The molecule has 0 aliphatic carbocycles. The predicted octanol–water partition coefficient (Wildman–Crippen LogP) is 2.17. The largest absolute Gasteiger partial charge is 0.312 e. The molecule has 0 unspecified atom stereocenters. The van der Waals surface area contributed by atoms with E-state index in [0.717, 1.165) is 18.2 Å². The van der Waals surface area contributed by atoms with Gasteiger partial charge in [0.15, 0.2) is 11.6 Å². The molecule has 1 aromatic carbocycles. The Balaban J connectivity index is 1.86. The minimum absolute atomic E-state index is 0.115. The summed E-state index contributed by atoms with van der Waals surface area (Å²) in [5.74, 6) is -2.95. The van der Waals surface area contributed by atoms with Crippen molar-refractivity contribution in [1.82, 2.24) is 15.1 Å². The van der Waals surface area contributed by atoms with Crippen LogP contribution in [-0.4, -0.2) is 16.3 Å². The average molecular weight is 269 g/mol. The third-order valence-corrected chi connectivity index (χ3v) is 2.89. The summed E-state index contributed by atoms with van der Waals surface area (Å²) in [5.41, 5.74) is 1.15. The van der Waals surface area contributed by atoms with Gasteiger partial charge in [0.2, 0.25) is 0 Å². The van der Waals surface area contributed by atoms with Crippen molar-refractivity contribution >= 4 is 0 Å². The maximum atomic E-state index is 13.3. The number of hydrogen-bond acceptors (Lipinski definition) is 2. The number of halogens is 3. The quantitative estimate of drug-likeness (QED) is 0.666. The second-order valence-electron chi connectivity index (χ2n) is 4.23. The lowest BCUT2D eigenvalue weighted by atomic mass is 10.2. The fourth-order valence-corrected chi connectivity index (χ4v) is 1.79. The van der Waals surface area contributed by atoms with E-state index in [2.05, 4.69) is 10.4 Å². The number of hydrogen-bond donors (Lipinski definition) is 1. The van der Waals surface area contributed by atoms with Crippen molar-refractivity contribution in [3.05, 3.63) is 53.1 Å². The predicted molar refractivity (Wildman–Crippen MR) is 64.9 cm³/mol. The van der Waals surface area contributed by atoms with E-state index < -0.39 is 17.5 Å². The molecular formula is C13H14F3N3. The third-order valence-electron chi connectivity index (χ3n) is 2.89. The van der Waals surface area contributed by atoms with E-state index in [1.54, 1.807) is 10.9 Å². The fourth-order valence-electron chi connectivity index (χ4n) is 1.79. The first-order valence-corrected chi connectivity index (χ1v) is 5.89. The molecule has 0 spiro atoms. The van der Waals surface area contributed by atoms with Gasteiger partial charge in [-0.1, -0.05) is 0 Å². The molecule has 2 aromatic rings. The molecule has 3 nitrogen and oxygen atoms in total. The molecule has 0 radical (unpaired) electrons. The Kier molecular flexibility index (Phi) is 4.21. The van der Waals surface area contributed by atoms with Crippen LogP contribution in [0.25, 0.3) is 0 Å². The summed E-state index contributed by atoms with van der Waals surface area (Å²) in [4.78, 5) is 0.